The molecule has 0 saturated heterocycles. The van der Waals surface area contributed by atoms with Crippen LogP contribution < -0.4 is 10.6 Å². The number of hydrogen-bond donors (Lipinski definition) is 2. The fraction of sp³-hybridized carbons (Fsp3) is 0.211. The van der Waals surface area contributed by atoms with Crippen molar-refractivity contribution in [3.63, 3.8) is 0 Å². The fourth-order valence-electron chi connectivity index (χ4n) is 2.17. The smallest absolute Gasteiger partial charge is 0.251 e. The van der Waals surface area contributed by atoms with Crippen LogP contribution >= 0.6 is 0 Å². The van der Waals surface area contributed by atoms with Gasteiger partial charge in [-0.2, -0.15) is 0 Å². The lowest BCUT2D eigenvalue weighted by Crippen LogP contribution is -2.32. The van der Waals surface area contributed by atoms with E-state index >= 15 is 0 Å². The van der Waals surface area contributed by atoms with Gasteiger partial charge in [-0.25, -0.2) is 0 Å². The molecule has 24 heavy (non-hydrogen) atoms. The largest absolute Gasteiger partial charge is 0.343 e. The molecule has 0 bridgehead atoms. The standard InChI is InChI=1S/C19H20N2O3/c1-12-7-8-16(9-13(12)2)19(24)20-11-18(23)21-17-6-4-5-15(10-17)14(3)22/h4-10H,11H2,1-3H3,(H,20,24)(H,21,23). The molecule has 0 fully saturated rings. The highest BCUT2D eigenvalue weighted by atomic mass is 16.2. The Kier molecular flexibility index (Phi) is 5.47. The number of benzene rings is 2. The van der Waals surface area contributed by atoms with E-state index in [9.17, 15) is 14.4 Å². The number of carbonyl (C=O) groups is 3. The van der Waals surface area contributed by atoms with Crippen molar-refractivity contribution in [1.29, 1.82) is 0 Å². The van der Waals surface area contributed by atoms with E-state index in [1.54, 1.807) is 36.4 Å². The van der Waals surface area contributed by atoms with Crippen molar-refractivity contribution in [3.8, 4) is 0 Å². The second-order valence-corrected chi connectivity index (χ2v) is 5.67. The van der Waals surface area contributed by atoms with Gasteiger partial charge < -0.3 is 10.6 Å². The molecule has 2 rings (SSSR count). The second kappa shape index (κ2) is 7.55. The molecule has 2 aromatic carbocycles. The SMILES string of the molecule is CC(=O)c1cccc(NC(=O)CNC(=O)c2ccc(C)c(C)c2)c1. The van der Waals surface area contributed by atoms with E-state index in [1.807, 2.05) is 19.9 Å². The Bertz CT molecular complexity index is 797. The molecule has 0 aromatic heterocycles. The second-order valence-electron chi connectivity index (χ2n) is 5.67. The normalized spacial score (nSPS) is 10.1. The molecule has 124 valence electrons. The summed E-state index contributed by atoms with van der Waals surface area (Å²) in [5.74, 6) is -0.729. The number of carbonyl (C=O) groups excluding carboxylic acids is 3. The molecule has 0 saturated carbocycles. The minimum absolute atomic E-state index is 0.0749. The Morgan fingerprint density at radius 3 is 2.33 bits per heavy atom. The summed E-state index contributed by atoms with van der Waals surface area (Å²) >= 11 is 0. The number of nitrogens with one attached hydrogen (secondary N) is 2. The molecule has 0 atom stereocenters. The summed E-state index contributed by atoms with van der Waals surface area (Å²) in [6.07, 6.45) is 0. The Labute approximate surface area is 141 Å². The van der Waals surface area contributed by atoms with Crippen molar-refractivity contribution in [2.75, 3.05) is 11.9 Å². The van der Waals surface area contributed by atoms with Gasteiger partial charge in [0.1, 0.15) is 0 Å². The van der Waals surface area contributed by atoms with Crippen molar-refractivity contribution >= 4 is 23.3 Å². The predicted molar refractivity (Wildman–Crippen MR) is 93.3 cm³/mol. The molecule has 0 heterocycles. The first-order valence-electron chi connectivity index (χ1n) is 7.63. The zero-order valence-electron chi connectivity index (χ0n) is 14.0. The molecule has 2 N–H and O–H groups in total. The van der Waals surface area contributed by atoms with Gasteiger partial charge in [0.05, 0.1) is 6.54 Å². The molecule has 2 aromatic rings. The number of hydrogen-bond acceptors (Lipinski definition) is 3. The van der Waals surface area contributed by atoms with E-state index in [1.165, 1.54) is 6.92 Å². The summed E-state index contributed by atoms with van der Waals surface area (Å²) in [5.41, 5.74) is 3.69. The molecule has 0 aliphatic heterocycles. The molecule has 0 spiro atoms. The Hall–Kier alpha value is -2.95. The van der Waals surface area contributed by atoms with E-state index in [-0.39, 0.29) is 24.1 Å². The number of ketones is 1. The van der Waals surface area contributed by atoms with Crippen molar-refractivity contribution < 1.29 is 14.4 Å². The number of anilines is 1. The van der Waals surface area contributed by atoms with Gasteiger partial charge in [-0.1, -0.05) is 18.2 Å². The molecule has 0 aliphatic carbocycles. The first-order valence-corrected chi connectivity index (χ1v) is 7.63. The highest BCUT2D eigenvalue weighted by Gasteiger charge is 2.09. The van der Waals surface area contributed by atoms with E-state index in [2.05, 4.69) is 10.6 Å². The maximum Gasteiger partial charge on any atom is 0.251 e. The Balaban J connectivity index is 1.93. The molecular formula is C19H20N2O3. The quantitative estimate of drug-likeness (QED) is 0.830. The highest BCUT2D eigenvalue weighted by Crippen LogP contribution is 2.11. The van der Waals surface area contributed by atoms with Gasteiger partial charge in [-0.05, 0) is 56.2 Å². The minimum Gasteiger partial charge on any atom is -0.343 e. The van der Waals surface area contributed by atoms with Crippen molar-refractivity contribution in [3.05, 3.63) is 64.7 Å². The van der Waals surface area contributed by atoms with Gasteiger partial charge in [0, 0.05) is 16.8 Å². The van der Waals surface area contributed by atoms with Crippen LogP contribution in [-0.4, -0.2) is 24.1 Å². The van der Waals surface area contributed by atoms with Crippen LogP contribution in [0.25, 0.3) is 0 Å². The number of Topliss-reactive ketones (excluding diaryl/α,β-unsaturated/α-hetero) is 1. The van der Waals surface area contributed by atoms with Crippen molar-refractivity contribution in [2.24, 2.45) is 0 Å². The maximum absolute atomic E-state index is 12.1. The van der Waals surface area contributed by atoms with E-state index in [0.717, 1.165) is 11.1 Å². The average molecular weight is 324 g/mol. The summed E-state index contributed by atoms with van der Waals surface area (Å²) in [5, 5.41) is 5.24. The molecule has 2 amide bonds. The first-order chi connectivity index (χ1) is 11.4. The van der Waals surface area contributed by atoms with Gasteiger partial charge >= 0.3 is 0 Å². The first kappa shape index (κ1) is 17.4. The minimum atomic E-state index is -0.354. The third kappa shape index (κ3) is 4.52. The predicted octanol–water partition coefficient (Wildman–Crippen LogP) is 2.87. The van der Waals surface area contributed by atoms with Crippen LogP contribution in [0, 0.1) is 13.8 Å². The van der Waals surface area contributed by atoms with Gasteiger partial charge in [0.25, 0.3) is 5.91 Å². The topological polar surface area (TPSA) is 75.3 Å². The van der Waals surface area contributed by atoms with Crippen LogP contribution in [0.5, 0.6) is 0 Å². The number of amides is 2. The average Bonchev–Trinajstić information content (AvgIpc) is 2.55. The van der Waals surface area contributed by atoms with Crippen molar-refractivity contribution in [2.45, 2.75) is 20.8 Å². The Morgan fingerprint density at radius 2 is 1.67 bits per heavy atom. The van der Waals surface area contributed by atoms with E-state index < -0.39 is 0 Å². The van der Waals surface area contributed by atoms with Crippen LogP contribution in [0.2, 0.25) is 0 Å². The van der Waals surface area contributed by atoms with Crippen LogP contribution in [0.15, 0.2) is 42.5 Å². The maximum atomic E-state index is 12.1. The van der Waals surface area contributed by atoms with E-state index in [0.29, 0.717) is 16.8 Å². The Morgan fingerprint density at radius 1 is 0.917 bits per heavy atom. The lowest BCUT2D eigenvalue weighted by Gasteiger charge is -2.09. The van der Waals surface area contributed by atoms with Gasteiger partial charge in [-0.3, -0.25) is 14.4 Å². The third-order valence-electron chi connectivity index (χ3n) is 3.73. The fourth-order valence-corrected chi connectivity index (χ4v) is 2.17. The lowest BCUT2D eigenvalue weighted by molar-refractivity contribution is -0.115. The molecule has 0 aliphatic rings. The summed E-state index contributed by atoms with van der Waals surface area (Å²) in [4.78, 5) is 35.3. The monoisotopic (exact) mass is 324 g/mol. The summed E-state index contributed by atoms with van der Waals surface area (Å²) < 4.78 is 0. The van der Waals surface area contributed by atoms with Crippen LogP contribution in [0.3, 0.4) is 0 Å². The zero-order valence-corrected chi connectivity index (χ0v) is 14.0. The number of rotatable bonds is 5. The summed E-state index contributed by atoms with van der Waals surface area (Å²) in [6.45, 7) is 5.22. The van der Waals surface area contributed by atoms with Crippen LogP contribution in [-0.2, 0) is 4.79 Å². The molecule has 5 heteroatoms. The zero-order chi connectivity index (χ0) is 17.7. The van der Waals surface area contributed by atoms with E-state index in [4.69, 9.17) is 0 Å². The van der Waals surface area contributed by atoms with Crippen LogP contribution in [0.1, 0.15) is 38.8 Å². The highest BCUT2D eigenvalue weighted by molar-refractivity contribution is 6.00. The third-order valence-corrected chi connectivity index (χ3v) is 3.73. The molecule has 0 unspecified atom stereocenters. The summed E-state index contributed by atoms with van der Waals surface area (Å²) in [7, 11) is 0. The van der Waals surface area contributed by atoms with Crippen molar-refractivity contribution in [1.82, 2.24) is 5.32 Å². The number of aryl methyl sites for hydroxylation is 2. The molecule has 0 radical (unpaired) electrons. The summed E-state index contributed by atoms with van der Waals surface area (Å²) in [6, 6.07) is 12.1. The molecule has 5 nitrogen and oxygen atoms in total. The van der Waals surface area contributed by atoms with Gasteiger partial charge in [-0.15, -0.1) is 0 Å². The van der Waals surface area contributed by atoms with Gasteiger partial charge in [0.2, 0.25) is 5.91 Å². The lowest BCUT2D eigenvalue weighted by atomic mass is 10.1. The van der Waals surface area contributed by atoms with Gasteiger partial charge in [0.15, 0.2) is 5.78 Å². The molecular weight excluding hydrogens is 304 g/mol. The van der Waals surface area contributed by atoms with Crippen LogP contribution in [0.4, 0.5) is 5.69 Å².